The van der Waals surface area contributed by atoms with Crippen LogP contribution in [0, 0.1) is 11.3 Å². The Kier molecular flexibility index (Phi) is 8.89. The van der Waals surface area contributed by atoms with E-state index in [4.69, 9.17) is 10.1 Å². The average molecular weight is 520 g/mol. The minimum atomic E-state index is -0.709. The zero-order chi connectivity index (χ0) is 27.1. The molecule has 1 heterocycles. The van der Waals surface area contributed by atoms with Crippen molar-refractivity contribution in [1.82, 2.24) is 10.6 Å². The number of ketones is 1. The molecule has 1 saturated carbocycles. The quantitative estimate of drug-likeness (QED) is 0.163. The minimum absolute atomic E-state index is 0.00629. The standard InChI is InChI=1S/C29H33N3O6/c1-37-29(36)32-27(30)21-14-10-19(11-15-21)18-8-12-20(13-9-18)26(34)24-16-22(28(35)31-24)17-25(33)38-23-6-4-2-3-5-7-23/h8-15,22-24H,2-7,16-17H2,1H3,(H,31,35)(H2,30,32,36)/t22-,24-/m0/s1. The lowest BCUT2D eigenvalue weighted by Crippen LogP contribution is -2.33. The summed E-state index contributed by atoms with van der Waals surface area (Å²) in [6.07, 6.45) is 5.68. The summed E-state index contributed by atoms with van der Waals surface area (Å²) in [7, 11) is 1.23. The van der Waals surface area contributed by atoms with E-state index in [-0.39, 0.29) is 42.4 Å². The number of rotatable bonds is 7. The molecule has 0 bridgehead atoms. The van der Waals surface area contributed by atoms with Gasteiger partial charge in [0, 0.05) is 11.1 Å². The van der Waals surface area contributed by atoms with E-state index in [0.717, 1.165) is 49.7 Å². The van der Waals surface area contributed by atoms with Crippen molar-refractivity contribution in [1.29, 1.82) is 5.41 Å². The van der Waals surface area contributed by atoms with Gasteiger partial charge >= 0.3 is 12.1 Å². The number of hydrogen-bond donors (Lipinski definition) is 3. The highest BCUT2D eigenvalue weighted by Gasteiger charge is 2.38. The highest BCUT2D eigenvalue weighted by molar-refractivity contribution is 6.05. The van der Waals surface area contributed by atoms with Gasteiger partial charge in [-0.05, 0) is 43.2 Å². The van der Waals surface area contributed by atoms with E-state index in [1.54, 1.807) is 24.3 Å². The van der Waals surface area contributed by atoms with Gasteiger partial charge in [-0.15, -0.1) is 0 Å². The fourth-order valence-corrected chi connectivity index (χ4v) is 4.97. The molecule has 0 unspecified atom stereocenters. The second-order valence-corrected chi connectivity index (χ2v) is 9.81. The maximum absolute atomic E-state index is 13.1. The third kappa shape index (κ3) is 6.85. The van der Waals surface area contributed by atoms with Crippen LogP contribution in [0.15, 0.2) is 48.5 Å². The summed E-state index contributed by atoms with van der Waals surface area (Å²) in [4.78, 5) is 49.3. The van der Waals surface area contributed by atoms with Gasteiger partial charge in [-0.1, -0.05) is 61.4 Å². The third-order valence-electron chi connectivity index (χ3n) is 7.13. The molecule has 9 nitrogen and oxygen atoms in total. The first kappa shape index (κ1) is 27.0. The number of esters is 1. The highest BCUT2D eigenvalue weighted by Crippen LogP contribution is 2.26. The number of ether oxygens (including phenoxy) is 2. The molecule has 1 aliphatic carbocycles. The molecule has 2 fully saturated rings. The topological polar surface area (TPSA) is 135 Å². The smallest absolute Gasteiger partial charge is 0.412 e. The van der Waals surface area contributed by atoms with E-state index in [1.807, 2.05) is 24.3 Å². The van der Waals surface area contributed by atoms with Crippen molar-refractivity contribution in [3.8, 4) is 11.1 Å². The van der Waals surface area contributed by atoms with Crippen LogP contribution in [0.3, 0.4) is 0 Å². The van der Waals surface area contributed by atoms with Gasteiger partial charge in [0.25, 0.3) is 0 Å². The van der Waals surface area contributed by atoms with Crippen molar-refractivity contribution < 1.29 is 28.7 Å². The molecule has 2 aliphatic rings. The van der Waals surface area contributed by atoms with Gasteiger partial charge in [0.05, 0.1) is 25.5 Å². The van der Waals surface area contributed by atoms with Crippen LogP contribution in [0.2, 0.25) is 0 Å². The number of hydrogen-bond acceptors (Lipinski definition) is 7. The van der Waals surface area contributed by atoms with Crippen molar-refractivity contribution in [2.45, 2.75) is 63.5 Å². The van der Waals surface area contributed by atoms with Crippen molar-refractivity contribution in [2.75, 3.05) is 7.11 Å². The van der Waals surface area contributed by atoms with Crippen molar-refractivity contribution >= 4 is 29.6 Å². The summed E-state index contributed by atoms with van der Waals surface area (Å²) in [5, 5.41) is 13.0. The van der Waals surface area contributed by atoms with Crippen LogP contribution in [0.4, 0.5) is 4.79 Å². The van der Waals surface area contributed by atoms with Crippen LogP contribution in [-0.4, -0.2) is 48.8 Å². The molecule has 2 aromatic carbocycles. The van der Waals surface area contributed by atoms with Crippen molar-refractivity contribution in [3.05, 3.63) is 59.7 Å². The molecular formula is C29H33N3O6. The van der Waals surface area contributed by atoms with Crippen LogP contribution < -0.4 is 10.6 Å². The van der Waals surface area contributed by atoms with E-state index < -0.39 is 18.1 Å². The van der Waals surface area contributed by atoms with Gasteiger partial charge in [0.2, 0.25) is 5.91 Å². The van der Waals surface area contributed by atoms with Gasteiger partial charge in [-0.3, -0.25) is 25.1 Å². The van der Waals surface area contributed by atoms with Gasteiger partial charge in [0.1, 0.15) is 11.9 Å². The number of benzene rings is 2. The lowest BCUT2D eigenvalue weighted by atomic mass is 9.95. The van der Waals surface area contributed by atoms with E-state index in [9.17, 15) is 19.2 Å². The Morgan fingerprint density at radius 1 is 0.921 bits per heavy atom. The van der Waals surface area contributed by atoms with Crippen LogP contribution in [0.1, 0.15) is 67.3 Å². The van der Waals surface area contributed by atoms with Crippen LogP contribution in [0.25, 0.3) is 11.1 Å². The molecule has 3 N–H and O–H groups in total. The van der Waals surface area contributed by atoms with Gasteiger partial charge in [-0.25, -0.2) is 4.79 Å². The first-order valence-electron chi connectivity index (χ1n) is 13.0. The zero-order valence-corrected chi connectivity index (χ0v) is 21.5. The fraction of sp³-hybridized carbons (Fsp3) is 0.414. The van der Waals surface area contributed by atoms with Gasteiger partial charge in [0.15, 0.2) is 5.78 Å². The predicted molar refractivity (Wildman–Crippen MR) is 141 cm³/mol. The van der Waals surface area contributed by atoms with Crippen molar-refractivity contribution in [3.63, 3.8) is 0 Å². The number of methoxy groups -OCH3 is 1. The monoisotopic (exact) mass is 519 g/mol. The summed E-state index contributed by atoms with van der Waals surface area (Å²) in [6, 6.07) is 13.4. The molecule has 9 heteroatoms. The molecule has 1 saturated heterocycles. The number of carbonyl (C=O) groups is 4. The number of carbonyl (C=O) groups excluding carboxylic acids is 4. The fourth-order valence-electron chi connectivity index (χ4n) is 4.97. The summed E-state index contributed by atoms with van der Waals surface area (Å²) in [5.41, 5.74) is 2.74. The Labute approximate surface area is 221 Å². The maximum Gasteiger partial charge on any atom is 0.412 e. The normalized spacial score (nSPS) is 19.7. The molecule has 200 valence electrons. The lowest BCUT2D eigenvalue weighted by Gasteiger charge is -2.16. The largest absolute Gasteiger partial charge is 0.462 e. The molecule has 2 aromatic rings. The first-order valence-corrected chi connectivity index (χ1v) is 13.0. The first-order chi connectivity index (χ1) is 18.3. The Morgan fingerprint density at radius 3 is 2.08 bits per heavy atom. The number of amidine groups is 1. The van der Waals surface area contributed by atoms with Crippen molar-refractivity contribution in [2.24, 2.45) is 5.92 Å². The van der Waals surface area contributed by atoms with Crippen LogP contribution in [0.5, 0.6) is 0 Å². The van der Waals surface area contributed by atoms with Gasteiger partial charge < -0.3 is 14.8 Å². The molecule has 2 atom stereocenters. The second-order valence-electron chi connectivity index (χ2n) is 9.81. The molecule has 0 spiro atoms. The summed E-state index contributed by atoms with van der Waals surface area (Å²) in [5.74, 6) is -1.48. The second kappa shape index (κ2) is 12.5. The lowest BCUT2D eigenvalue weighted by molar-refractivity contribution is -0.152. The summed E-state index contributed by atoms with van der Waals surface area (Å²) in [6.45, 7) is 0. The van der Waals surface area contributed by atoms with Gasteiger partial charge in [-0.2, -0.15) is 0 Å². The number of Topliss-reactive ketones (excluding diaryl/α,β-unsaturated/α-hetero) is 1. The summed E-state index contributed by atoms with van der Waals surface area (Å²) >= 11 is 0. The summed E-state index contributed by atoms with van der Waals surface area (Å²) < 4.78 is 10.1. The average Bonchev–Trinajstić information content (AvgIpc) is 3.11. The van der Waals surface area contributed by atoms with E-state index in [0.29, 0.717) is 11.1 Å². The predicted octanol–water partition coefficient (Wildman–Crippen LogP) is 4.38. The van der Waals surface area contributed by atoms with E-state index >= 15 is 0 Å². The van der Waals surface area contributed by atoms with E-state index in [1.165, 1.54) is 7.11 Å². The Morgan fingerprint density at radius 2 is 1.50 bits per heavy atom. The maximum atomic E-state index is 13.1. The minimum Gasteiger partial charge on any atom is -0.462 e. The Hall–Kier alpha value is -4.01. The Bertz CT molecular complexity index is 1180. The third-order valence-corrected chi connectivity index (χ3v) is 7.13. The molecule has 1 aliphatic heterocycles. The number of alkyl carbamates (subject to hydrolysis) is 1. The molecule has 2 amide bonds. The molecule has 38 heavy (non-hydrogen) atoms. The number of nitrogens with one attached hydrogen (secondary N) is 3. The van der Waals surface area contributed by atoms with Crippen LogP contribution >= 0.6 is 0 Å². The van der Waals surface area contributed by atoms with Crippen LogP contribution in [-0.2, 0) is 19.1 Å². The molecule has 0 radical (unpaired) electrons. The molecule has 0 aromatic heterocycles. The Balaban J connectivity index is 1.32. The zero-order valence-electron chi connectivity index (χ0n) is 21.5. The molecule has 4 rings (SSSR count). The molecular weight excluding hydrogens is 486 g/mol. The number of amides is 2. The van der Waals surface area contributed by atoms with E-state index in [2.05, 4.69) is 15.4 Å². The SMILES string of the molecule is COC(=O)NC(=N)c1ccc(-c2ccc(C(=O)[C@@H]3C[C@@H](CC(=O)OC4CCCCCC4)C(=O)N3)cc2)cc1. The highest BCUT2D eigenvalue weighted by atomic mass is 16.5.